The van der Waals surface area contributed by atoms with E-state index < -0.39 is 0 Å². The minimum atomic E-state index is -0.0933. The van der Waals surface area contributed by atoms with Crippen molar-refractivity contribution in [3.8, 4) is 17.6 Å². The first kappa shape index (κ1) is 22.7. The first-order valence-electron chi connectivity index (χ1n) is 12.0. The van der Waals surface area contributed by atoms with Crippen LogP contribution in [0.25, 0.3) is 10.9 Å². The van der Waals surface area contributed by atoms with E-state index in [4.69, 9.17) is 10.5 Å². The average Bonchev–Trinajstić information content (AvgIpc) is 3.24. The number of fused-ring (bicyclic) bond motifs is 1. The number of ether oxygens (including phenoxy) is 1. The molecule has 0 aliphatic heterocycles. The first-order chi connectivity index (χ1) is 17.1. The van der Waals surface area contributed by atoms with Crippen LogP contribution in [0.3, 0.4) is 0 Å². The molecule has 1 saturated carbocycles. The zero-order valence-corrected chi connectivity index (χ0v) is 19.5. The third-order valence-electron chi connectivity index (χ3n) is 6.62. The van der Waals surface area contributed by atoms with E-state index in [0.717, 1.165) is 53.6 Å². The lowest BCUT2D eigenvalue weighted by molar-refractivity contribution is 0.0917. The minimum Gasteiger partial charge on any atom is -0.457 e. The second kappa shape index (κ2) is 10.0. The fraction of sp³-hybridized carbons (Fsp3) is 0.241. The van der Waals surface area contributed by atoms with Crippen LogP contribution in [0.15, 0.2) is 78.9 Å². The molecule has 0 bridgehead atoms. The fourth-order valence-electron chi connectivity index (χ4n) is 4.68. The lowest BCUT2D eigenvalue weighted by Crippen LogP contribution is -2.41. The predicted molar refractivity (Wildman–Crippen MR) is 136 cm³/mol. The number of amides is 1. The van der Waals surface area contributed by atoms with Gasteiger partial charge in [-0.25, -0.2) is 0 Å². The van der Waals surface area contributed by atoms with Crippen molar-refractivity contribution in [1.29, 1.82) is 5.26 Å². The summed E-state index contributed by atoms with van der Waals surface area (Å²) < 4.78 is 7.90. The molecule has 6 nitrogen and oxygen atoms in total. The Kier molecular flexibility index (Phi) is 6.51. The SMILES string of the molecule is N#Cc1ccc2cc(C(=O)NC3CCC(N)CC3)n(Cc3ccc(Oc4ccccc4)cc3)c2c1. The summed E-state index contributed by atoms with van der Waals surface area (Å²) >= 11 is 0. The summed E-state index contributed by atoms with van der Waals surface area (Å²) in [7, 11) is 0. The van der Waals surface area contributed by atoms with E-state index in [-0.39, 0.29) is 18.0 Å². The van der Waals surface area contributed by atoms with Gasteiger partial charge in [0.2, 0.25) is 0 Å². The zero-order valence-electron chi connectivity index (χ0n) is 19.5. The zero-order chi connectivity index (χ0) is 24.2. The Balaban J connectivity index is 1.41. The number of nitrogens with zero attached hydrogens (tertiary/aromatic N) is 2. The van der Waals surface area contributed by atoms with Crippen LogP contribution >= 0.6 is 0 Å². The second-order valence-corrected chi connectivity index (χ2v) is 9.15. The summed E-state index contributed by atoms with van der Waals surface area (Å²) in [4.78, 5) is 13.3. The molecular weight excluding hydrogens is 436 g/mol. The van der Waals surface area contributed by atoms with E-state index in [0.29, 0.717) is 17.8 Å². The molecule has 1 aliphatic carbocycles. The molecule has 3 N–H and O–H groups in total. The van der Waals surface area contributed by atoms with Crippen LogP contribution in [-0.2, 0) is 6.54 Å². The van der Waals surface area contributed by atoms with Gasteiger partial charge in [-0.1, -0.05) is 36.4 Å². The quantitative estimate of drug-likeness (QED) is 0.402. The Hall–Kier alpha value is -4.08. The van der Waals surface area contributed by atoms with Crippen molar-refractivity contribution in [2.45, 2.75) is 44.3 Å². The summed E-state index contributed by atoms with van der Waals surface area (Å²) in [5.41, 5.74) is 9.08. The third kappa shape index (κ3) is 5.21. The number of rotatable bonds is 6. The molecule has 5 rings (SSSR count). The molecule has 0 saturated heterocycles. The maximum atomic E-state index is 13.3. The summed E-state index contributed by atoms with van der Waals surface area (Å²) in [5.74, 6) is 1.44. The maximum absolute atomic E-state index is 13.3. The second-order valence-electron chi connectivity index (χ2n) is 9.15. The smallest absolute Gasteiger partial charge is 0.268 e. The number of nitriles is 1. The van der Waals surface area contributed by atoms with Gasteiger partial charge in [0.1, 0.15) is 17.2 Å². The summed E-state index contributed by atoms with van der Waals surface area (Å²) in [6, 6.07) is 27.5. The van der Waals surface area contributed by atoms with Crippen LogP contribution < -0.4 is 15.8 Å². The van der Waals surface area contributed by atoms with Gasteiger partial charge >= 0.3 is 0 Å². The molecule has 35 heavy (non-hydrogen) atoms. The predicted octanol–water partition coefficient (Wildman–Crippen LogP) is 5.35. The molecule has 1 fully saturated rings. The lowest BCUT2D eigenvalue weighted by Gasteiger charge is -2.27. The molecule has 0 unspecified atom stereocenters. The van der Waals surface area contributed by atoms with E-state index >= 15 is 0 Å². The number of carbonyl (C=O) groups excluding carboxylic acids is 1. The van der Waals surface area contributed by atoms with Gasteiger partial charge in [-0.3, -0.25) is 4.79 Å². The van der Waals surface area contributed by atoms with Crippen LogP contribution in [-0.4, -0.2) is 22.6 Å². The summed E-state index contributed by atoms with van der Waals surface area (Å²) in [6.07, 6.45) is 3.65. The van der Waals surface area contributed by atoms with Gasteiger partial charge in [-0.15, -0.1) is 0 Å². The Bertz CT molecular complexity index is 1360. The number of carbonyl (C=O) groups is 1. The number of para-hydroxylation sites is 1. The largest absolute Gasteiger partial charge is 0.457 e. The molecule has 1 heterocycles. The monoisotopic (exact) mass is 464 g/mol. The molecule has 3 aromatic carbocycles. The molecule has 176 valence electrons. The van der Waals surface area contributed by atoms with E-state index in [9.17, 15) is 10.1 Å². The Labute approximate surface area is 204 Å². The van der Waals surface area contributed by atoms with Gasteiger partial charge < -0.3 is 20.4 Å². The van der Waals surface area contributed by atoms with E-state index in [1.807, 2.05) is 77.4 Å². The molecule has 6 heteroatoms. The number of hydrogen-bond acceptors (Lipinski definition) is 4. The molecule has 1 aromatic heterocycles. The van der Waals surface area contributed by atoms with Gasteiger partial charge in [-0.2, -0.15) is 5.26 Å². The van der Waals surface area contributed by atoms with Gasteiger partial charge in [0, 0.05) is 24.0 Å². The van der Waals surface area contributed by atoms with Gasteiger partial charge in [0.25, 0.3) is 5.91 Å². The van der Waals surface area contributed by atoms with Crippen molar-refractivity contribution in [2.24, 2.45) is 5.73 Å². The number of nitrogens with two attached hydrogens (primary N) is 1. The Morgan fingerprint density at radius 1 is 0.971 bits per heavy atom. The first-order valence-corrected chi connectivity index (χ1v) is 12.0. The van der Waals surface area contributed by atoms with Crippen molar-refractivity contribution in [2.75, 3.05) is 0 Å². The van der Waals surface area contributed by atoms with Crippen molar-refractivity contribution in [3.05, 3.63) is 95.7 Å². The normalized spacial score (nSPS) is 17.6. The average molecular weight is 465 g/mol. The maximum Gasteiger partial charge on any atom is 0.268 e. The molecular formula is C29H28N4O2. The van der Waals surface area contributed by atoms with Crippen LogP contribution in [0.5, 0.6) is 11.5 Å². The Morgan fingerprint density at radius 2 is 1.69 bits per heavy atom. The van der Waals surface area contributed by atoms with Crippen molar-refractivity contribution in [3.63, 3.8) is 0 Å². The highest BCUT2D eigenvalue weighted by atomic mass is 16.5. The number of nitrogens with one attached hydrogen (secondary N) is 1. The van der Waals surface area contributed by atoms with Crippen LogP contribution in [0.2, 0.25) is 0 Å². The van der Waals surface area contributed by atoms with Crippen molar-refractivity contribution < 1.29 is 9.53 Å². The highest BCUT2D eigenvalue weighted by Crippen LogP contribution is 2.26. The standard InChI is InChI=1S/C29H28N4O2/c30-18-21-6-9-22-17-28(29(34)32-24-12-10-23(31)11-13-24)33(27(22)16-21)19-20-7-14-26(15-8-20)35-25-4-2-1-3-5-25/h1-9,14-17,23-24H,10-13,19,31H2,(H,32,34). The third-order valence-corrected chi connectivity index (χ3v) is 6.62. The molecule has 0 atom stereocenters. The summed E-state index contributed by atoms with van der Waals surface area (Å²) in [6.45, 7) is 0.502. The molecule has 0 spiro atoms. The highest BCUT2D eigenvalue weighted by molar-refractivity contribution is 5.99. The molecule has 1 amide bonds. The highest BCUT2D eigenvalue weighted by Gasteiger charge is 2.23. The number of hydrogen-bond donors (Lipinski definition) is 2. The van der Waals surface area contributed by atoms with Crippen LogP contribution in [0.1, 0.15) is 47.3 Å². The van der Waals surface area contributed by atoms with E-state index in [2.05, 4.69) is 11.4 Å². The van der Waals surface area contributed by atoms with Gasteiger partial charge in [-0.05, 0) is 73.7 Å². The fourth-order valence-corrected chi connectivity index (χ4v) is 4.68. The lowest BCUT2D eigenvalue weighted by atomic mass is 9.92. The molecule has 1 aliphatic rings. The van der Waals surface area contributed by atoms with Crippen molar-refractivity contribution >= 4 is 16.8 Å². The van der Waals surface area contributed by atoms with Gasteiger partial charge in [0.15, 0.2) is 0 Å². The van der Waals surface area contributed by atoms with E-state index in [1.54, 1.807) is 6.07 Å². The molecule has 4 aromatic rings. The van der Waals surface area contributed by atoms with E-state index in [1.165, 1.54) is 0 Å². The Morgan fingerprint density at radius 3 is 2.40 bits per heavy atom. The minimum absolute atomic E-state index is 0.0933. The van der Waals surface area contributed by atoms with Crippen molar-refractivity contribution in [1.82, 2.24) is 9.88 Å². The van der Waals surface area contributed by atoms with Crippen LogP contribution in [0.4, 0.5) is 0 Å². The molecule has 0 radical (unpaired) electrons. The number of benzene rings is 3. The summed E-state index contributed by atoms with van der Waals surface area (Å²) in [5, 5.41) is 13.6. The van der Waals surface area contributed by atoms with Crippen LogP contribution in [0, 0.1) is 11.3 Å². The van der Waals surface area contributed by atoms with Gasteiger partial charge in [0.05, 0.1) is 17.1 Å². The number of aromatic nitrogens is 1. The topological polar surface area (TPSA) is 93.1 Å².